The van der Waals surface area contributed by atoms with E-state index in [1.54, 1.807) is 0 Å². The second-order valence-electron chi connectivity index (χ2n) is 6.54. The number of benzene rings is 2. The third kappa shape index (κ3) is 2.41. The molecular formula is C21H23N. The van der Waals surface area contributed by atoms with Crippen LogP contribution in [-0.2, 0) is 0 Å². The summed E-state index contributed by atoms with van der Waals surface area (Å²) in [6, 6.07) is 11.2. The van der Waals surface area contributed by atoms with E-state index in [0.29, 0.717) is 0 Å². The highest BCUT2D eigenvalue weighted by molar-refractivity contribution is 5.87. The van der Waals surface area contributed by atoms with Gasteiger partial charge in [-0.15, -0.1) is 0 Å². The third-order valence-electron chi connectivity index (χ3n) is 4.65. The van der Waals surface area contributed by atoms with Crippen LogP contribution in [0.3, 0.4) is 0 Å². The highest BCUT2D eigenvalue weighted by Gasteiger charge is 2.11. The molecule has 0 saturated heterocycles. The molecule has 3 aromatic rings. The maximum absolute atomic E-state index is 4.99. The first-order chi connectivity index (χ1) is 10.4. The summed E-state index contributed by atoms with van der Waals surface area (Å²) in [5.74, 6) is 0. The van der Waals surface area contributed by atoms with Gasteiger partial charge in [-0.3, -0.25) is 0 Å². The molecule has 1 heterocycles. The van der Waals surface area contributed by atoms with E-state index >= 15 is 0 Å². The van der Waals surface area contributed by atoms with Gasteiger partial charge in [0.05, 0.1) is 11.2 Å². The maximum Gasteiger partial charge on any atom is 0.0739 e. The molecular weight excluding hydrogens is 266 g/mol. The van der Waals surface area contributed by atoms with Crippen LogP contribution in [0.4, 0.5) is 0 Å². The Labute approximate surface area is 133 Å². The van der Waals surface area contributed by atoms with Gasteiger partial charge in [0.2, 0.25) is 0 Å². The molecule has 0 spiro atoms. The van der Waals surface area contributed by atoms with Gasteiger partial charge in [-0.05, 0) is 88.1 Å². The van der Waals surface area contributed by atoms with Crippen LogP contribution in [0.15, 0.2) is 30.3 Å². The monoisotopic (exact) mass is 289 g/mol. The molecule has 1 heteroatoms. The van der Waals surface area contributed by atoms with Crippen LogP contribution < -0.4 is 0 Å². The fraction of sp³-hybridized carbons (Fsp3) is 0.286. The van der Waals surface area contributed by atoms with E-state index < -0.39 is 0 Å². The average Bonchev–Trinajstić information content (AvgIpc) is 2.44. The lowest BCUT2D eigenvalue weighted by Gasteiger charge is -2.13. The lowest BCUT2D eigenvalue weighted by Crippen LogP contribution is -1.96. The number of aryl methyl sites for hydroxylation is 5. The van der Waals surface area contributed by atoms with Gasteiger partial charge in [-0.2, -0.15) is 0 Å². The van der Waals surface area contributed by atoms with Crippen LogP contribution in [0.2, 0.25) is 0 Å². The summed E-state index contributed by atoms with van der Waals surface area (Å²) < 4.78 is 0. The van der Waals surface area contributed by atoms with Gasteiger partial charge < -0.3 is 0 Å². The molecule has 0 saturated carbocycles. The number of fused-ring (bicyclic) bond motifs is 1. The quantitative estimate of drug-likeness (QED) is 0.555. The molecule has 0 unspecified atom stereocenters. The Balaban J connectivity index is 2.32. The highest BCUT2D eigenvalue weighted by atomic mass is 14.7. The molecule has 0 fully saturated rings. The lowest BCUT2D eigenvalue weighted by molar-refractivity contribution is 1.25. The molecule has 0 radical (unpaired) electrons. The number of pyridine rings is 1. The minimum Gasteiger partial charge on any atom is -0.247 e. The highest BCUT2D eigenvalue weighted by Crippen LogP contribution is 2.30. The van der Waals surface area contributed by atoms with E-state index in [0.717, 1.165) is 11.2 Å². The molecule has 112 valence electrons. The fourth-order valence-corrected chi connectivity index (χ4v) is 3.25. The smallest absolute Gasteiger partial charge is 0.0739 e. The summed E-state index contributed by atoms with van der Waals surface area (Å²) in [5, 5.41) is 1.27. The fourth-order valence-electron chi connectivity index (χ4n) is 3.25. The van der Waals surface area contributed by atoms with Crippen molar-refractivity contribution in [2.45, 2.75) is 41.5 Å². The van der Waals surface area contributed by atoms with Crippen LogP contribution >= 0.6 is 0 Å². The van der Waals surface area contributed by atoms with E-state index in [9.17, 15) is 0 Å². The predicted octanol–water partition coefficient (Wildman–Crippen LogP) is 5.75. The predicted molar refractivity (Wildman–Crippen MR) is 95.6 cm³/mol. The van der Waals surface area contributed by atoms with Crippen molar-refractivity contribution in [2.24, 2.45) is 0 Å². The third-order valence-corrected chi connectivity index (χ3v) is 4.65. The molecule has 3 rings (SSSR count). The van der Waals surface area contributed by atoms with Crippen LogP contribution in [0.5, 0.6) is 0 Å². The Hall–Kier alpha value is -2.15. The van der Waals surface area contributed by atoms with E-state index in [1.165, 1.54) is 44.3 Å². The van der Waals surface area contributed by atoms with E-state index in [-0.39, 0.29) is 0 Å². The standard InChI is InChI=1S/C21H23N/c1-12-7-13(2)9-18(8-12)21-15(4)10-19-17(6)16(5)14(3)11-20(19)22-21/h7-11H,1-6H3. The van der Waals surface area contributed by atoms with E-state index in [4.69, 9.17) is 4.98 Å². The van der Waals surface area contributed by atoms with Crippen molar-refractivity contribution in [2.75, 3.05) is 0 Å². The SMILES string of the molecule is Cc1cc(C)cc(-c2nc3cc(C)c(C)c(C)c3cc2C)c1. The summed E-state index contributed by atoms with van der Waals surface area (Å²) in [5.41, 5.74) is 11.2. The second-order valence-corrected chi connectivity index (χ2v) is 6.54. The molecule has 1 nitrogen and oxygen atoms in total. The minimum atomic E-state index is 1.10. The molecule has 22 heavy (non-hydrogen) atoms. The summed E-state index contributed by atoms with van der Waals surface area (Å²) in [4.78, 5) is 4.99. The van der Waals surface area contributed by atoms with Gasteiger partial charge in [0, 0.05) is 10.9 Å². The summed E-state index contributed by atoms with van der Waals surface area (Å²) in [7, 11) is 0. The van der Waals surface area contributed by atoms with Gasteiger partial charge in [-0.25, -0.2) is 4.98 Å². The van der Waals surface area contributed by atoms with Crippen LogP contribution in [0, 0.1) is 41.5 Å². The molecule has 0 N–H and O–H groups in total. The van der Waals surface area contributed by atoms with Gasteiger partial charge in [0.15, 0.2) is 0 Å². The van der Waals surface area contributed by atoms with Crippen molar-refractivity contribution < 1.29 is 0 Å². The Morgan fingerprint density at radius 2 is 1.27 bits per heavy atom. The van der Waals surface area contributed by atoms with E-state index in [1.807, 2.05) is 0 Å². The molecule has 0 aliphatic rings. The van der Waals surface area contributed by atoms with Crippen LogP contribution in [0.1, 0.15) is 33.4 Å². The molecule has 0 aliphatic heterocycles. The molecule has 2 aromatic carbocycles. The van der Waals surface area contributed by atoms with Crippen molar-refractivity contribution in [3.63, 3.8) is 0 Å². The first kappa shape index (κ1) is 14.8. The number of nitrogens with zero attached hydrogens (tertiary/aromatic N) is 1. The van der Waals surface area contributed by atoms with Crippen molar-refractivity contribution in [3.8, 4) is 11.3 Å². The zero-order valence-electron chi connectivity index (χ0n) is 14.3. The number of aromatic nitrogens is 1. The molecule has 1 aromatic heterocycles. The second kappa shape index (κ2) is 5.24. The Bertz CT molecular complexity index is 868. The van der Waals surface area contributed by atoms with Gasteiger partial charge in [-0.1, -0.05) is 17.2 Å². The van der Waals surface area contributed by atoms with Gasteiger partial charge >= 0.3 is 0 Å². The summed E-state index contributed by atoms with van der Waals surface area (Å²) >= 11 is 0. The Morgan fingerprint density at radius 1 is 0.636 bits per heavy atom. The summed E-state index contributed by atoms with van der Waals surface area (Å²) in [6.07, 6.45) is 0. The average molecular weight is 289 g/mol. The van der Waals surface area contributed by atoms with Crippen molar-refractivity contribution in [1.82, 2.24) is 4.98 Å². The van der Waals surface area contributed by atoms with Gasteiger partial charge in [0.25, 0.3) is 0 Å². The lowest BCUT2D eigenvalue weighted by atomic mass is 9.96. The van der Waals surface area contributed by atoms with Crippen molar-refractivity contribution in [3.05, 3.63) is 63.7 Å². The van der Waals surface area contributed by atoms with Crippen LogP contribution in [-0.4, -0.2) is 4.98 Å². The first-order valence-corrected chi connectivity index (χ1v) is 7.83. The summed E-state index contributed by atoms with van der Waals surface area (Å²) in [6.45, 7) is 13.0. The maximum atomic E-state index is 4.99. The molecule has 0 atom stereocenters. The topological polar surface area (TPSA) is 12.9 Å². The Morgan fingerprint density at radius 3 is 1.91 bits per heavy atom. The zero-order valence-corrected chi connectivity index (χ0v) is 14.3. The Kier molecular flexibility index (Phi) is 3.52. The largest absolute Gasteiger partial charge is 0.247 e. The molecule has 0 amide bonds. The van der Waals surface area contributed by atoms with Crippen molar-refractivity contribution >= 4 is 10.9 Å². The van der Waals surface area contributed by atoms with Crippen LogP contribution in [0.25, 0.3) is 22.2 Å². The normalized spacial score (nSPS) is 11.2. The number of hydrogen-bond acceptors (Lipinski definition) is 1. The first-order valence-electron chi connectivity index (χ1n) is 7.83. The minimum absolute atomic E-state index is 1.10. The number of hydrogen-bond donors (Lipinski definition) is 0. The molecule has 0 aliphatic carbocycles. The van der Waals surface area contributed by atoms with Gasteiger partial charge in [0.1, 0.15) is 0 Å². The van der Waals surface area contributed by atoms with E-state index in [2.05, 4.69) is 71.9 Å². The number of rotatable bonds is 1. The zero-order chi connectivity index (χ0) is 16.0. The van der Waals surface area contributed by atoms with Crippen molar-refractivity contribution in [1.29, 1.82) is 0 Å². The molecule has 0 bridgehead atoms.